The Hall–Kier alpha value is -1.89. The van der Waals surface area contributed by atoms with Gasteiger partial charge in [0.1, 0.15) is 6.54 Å². The van der Waals surface area contributed by atoms with E-state index in [9.17, 15) is 14.4 Å². The van der Waals surface area contributed by atoms with Crippen LogP contribution in [0.2, 0.25) is 0 Å². The second-order valence-corrected chi connectivity index (χ2v) is 4.77. The molecular formula is C12H17N3O4. The molecule has 1 aliphatic rings. The number of carbonyl (C=O) groups is 1. The van der Waals surface area contributed by atoms with E-state index in [2.05, 4.69) is 4.98 Å². The third-order valence-corrected chi connectivity index (χ3v) is 3.33. The van der Waals surface area contributed by atoms with Gasteiger partial charge in [0.2, 0.25) is 5.91 Å². The first-order valence-corrected chi connectivity index (χ1v) is 6.28. The summed E-state index contributed by atoms with van der Waals surface area (Å²) in [6, 6.07) is 1.21. The summed E-state index contributed by atoms with van der Waals surface area (Å²) in [6.45, 7) is 1.15. The van der Waals surface area contributed by atoms with Gasteiger partial charge in [-0.15, -0.1) is 0 Å². The molecule has 1 saturated heterocycles. The lowest BCUT2D eigenvalue weighted by atomic mass is 9.99. The molecule has 1 atom stereocenters. The lowest BCUT2D eigenvalue weighted by molar-refractivity contribution is -0.134. The maximum atomic E-state index is 12.1. The second-order valence-electron chi connectivity index (χ2n) is 4.77. The first kappa shape index (κ1) is 13.5. The zero-order valence-corrected chi connectivity index (χ0v) is 10.5. The van der Waals surface area contributed by atoms with Crippen LogP contribution in [0.25, 0.3) is 0 Å². The molecule has 2 heterocycles. The Morgan fingerprint density at radius 3 is 2.95 bits per heavy atom. The highest BCUT2D eigenvalue weighted by Gasteiger charge is 2.23. The van der Waals surface area contributed by atoms with E-state index in [1.807, 2.05) is 0 Å². The summed E-state index contributed by atoms with van der Waals surface area (Å²) < 4.78 is 1.17. The van der Waals surface area contributed by atoms with Crippen molar-refractivity contribution in [1.29, 1.82) is 0 Å². The van der Waals surface area contributed by atoms with E-state index >= 15 is 0 Å². The van der Waals surface area contributed by atoms with Crippen molar-refractivity contribution in [3.8, 4) is 0 Å². The minimum atomic E-state index is -0.587. The summed E-state index contributed by atoms with van der Waals surface area (Å²) >= 11 is 0. The SMILES string of the molecule is O=C(Cn1ccc(=O)[nH]c1=O)N1CCCC(CO)C1. The van der Waals surface area contributed by atoms with E-state index < -0.39 is 11.2 Å². The molecule has 104 valence electrons. The molecular weight excluding hydrogens is 250 g/mol. The van der Waals surface area contributed by atoms with Crippen LogP contribution in [0.5, 0.6) is 0 Å². The van der Waals surface area contributed by atoms with E-state index in [1.165, 1.54) is 16.8 Å². The number of aliphatic hydroxyl groups is 1. The highest BCUT2D eigenvalue weighted by atomic mass is 16.3. The molecule has 1 unspecified atom stereocenters. The lowest BCUT2D eigenvalue weighted by Crippen LogP contribution is -2.44. The van der Waals surface area contributed by atoms with Crippen LogP contribution in [0, 0.1) is 5.92 Å². The number of likely N-dealkylation sites (tertiary alicyclic amines) is 1. The number of H-pyrrole nitrogens is 1. The van der Waals surface area contributed by atoms with Crippen molar-refractivity contribution >= 4 is 5.91 Å². The highest BCUT2D eigenvalue weighted by molar-refractivity contribution is 5.76. The van der Waals surface area contributed by atoms with Crippen LogP contribution in [-0.4, -0.2) is 45.2 Å². The third kappa shape index (κ3) is 3.31. The second kappa shape index (κ2) is 5.83. The molecule has 7 heteroatoms. The molecule has 0 aromatic carbocycles. The number of rotatable bonds is 3. The normalized spacial score (nSPS) is 19.4. The smallest absolute Gasteiger partial charge is 0.328 e. The number of nitrogens with zero attached hydrogens (tertiary/aromatic N) is 2. The number of piperidine rings is 1. The summed E-state index contributed by atoms with van der Waals surface area (Å²) in [5.74, 6) is -0.0581. The van der Waals surface area contributed by atoms with Crippen LogP contribution in [0.4, 0.5) is 0 Å². The van der Waals surface area contributed by atoms with Crippen molar-refractivity contribution in [2.45, 2.75) is 19.4 Å². The maximum Gasteiger partial charge on any atom is 0.328 e. The van der Waals surface area contributed by atoms with Gasteiger partial charge in [-0.05, 0) is 18.8 Å². The molecule has 0 saturated carbocycles. The fourth-order valence-corrected chi connectivity index (χ4v) is 2.26. The van der Waals surface area contributed by atoms with Gasteiger partial charge in [0.15, 0.2) is 0 Å². The Morgan fingerprint density at radius 1 is 1.47 bits per heavy atom. The quantitative estimate of drug-likeness (QED) is 0.716. The average Bonchev–Trinajstić information content (AvgIpc) is 2.42. The Bertz CT molecular complexity index is 563. The Balaban J connectivity index is 2.04. The summed E-state index contributed by atoms with van der Waals surface area (Å²) in [7, 11) is 0. The van der Waals surface area contributed by atoms with Gasteiger partial charge in [0, 0.05) is 32.0 Å². The standard InChI is InChI=1S/C12H17N3O4/c16-8-9-2-1-4-14(6-9)11(18)7-15-5-3-10(17)13-12(15)19/h3,5,9,16H,1-2,4,6-8H2,(H,13,17,19). The number of nitrogens with one attached hydrogen (secondary N) is 1. The predicted octanol–water partition coefficient (Wildman–Crippen LogP) is -1.23. The molecule has 0 aliphatic carbocycles. The van der Waals surface area contributed by atoms with Crippen molar-refractivity contribution in [2.75, 3.05) is 19.7 Å². The monoisotopic (exact) mass is 267 g/mol. The average molecular weight is 267 g/mol. The minimum absolute atomic E-state index is 0.0718. The fraction of sp³-hybridized carbons (Fsp3) is 0.583. The van der Waals surface area contributed by atoms with Crippen molar-refractivity contribution in [1.82, 2.24) is 14.5 Å². The Kier molecular flexibility index (Phi) is 4.16. The summed E-state index contributed by atoms with van der Waals surface area (Å²) in [5.41, 5.74) is -1.07. The van der Waals surface area contributed by atoms with Gasteiger partial charge >= 0.3 is 5.69 Å². The van der Waals surface area contributed by atoms with Gasteiger partial charge in [-0.25, -0.2) is 4.79 Å². The molecule has 7 nitrogen and oxygen atoms in total. The summed E-state index contributed by atoms with van der Waals surface area (Å²) in [5, 5.41) is 9.12. The third-order valence-electron chi connectivity index (χ3n) is 3.33. The number of aromatic nitrogens is 2. The molecule has 0 spiro atoms. The van der Waals surface area contributed by atoms with Gasteiger partial charge in [0.25, 0.3) is 5.56 Å². The molecule has 2 N–H and O–H groups in total. The van der Waals surface area contributed by atoms with Crippen molar-refractivity contribution in [3.05, 3.63) is 33.1 Å². The van der Waals surface area contributed by atoms with Crippen molar-refractivity contribution in [3.63, 3.8) is 0 Å². The lowest BCUT2D eigenvalue weighted by Gasteiger charge is -2.31. The molecule has 1 aromatic rings. The van der Waals surface area contributed by atoms with Gasteiger partial charge in [-0.1, -0.05) is 0 Å². The minimum Gasteiger partial charge on any atom is -0.396 e. The summed E-state index contributed by atoms with van der Waals surface area (Å²) in [6.07, 6.45) is 3.09. The van der Waals surface area contributed by atoms with Crippen LogP contribution >= 0.6 is 0 Å². The van der Waals surface area contributed by atoms with E-state index in [4.69, 9.17) is 5.11 Å². The highest BCUT2D eigenvalue weighted by Crippen LogP contribution is 2.15. The van der Waals surface area contributed by atoms with Crippen LogP contribution in [0.3, 0.4) is 0 Å². The van der Waals surface area contributed by atoms with Crippen molar-refractivity contribution < 1.29 is 9.90 Å². The number of aliphatic hydroxyl groups excluding tert-OH is 1. The number of hydrogen-bond donors (Lipinski definition) is 2. The molecule has 1 aliphatic heterocycles. The molecule has 1 aromatic heterocycles. The van der Waals surface area contributed by atoms with E-state index in [0.717, 1.165) is 12.8 Å². The maximum absolute atomic E-state index is 12.1. The zero-order chi connectivity index (χ0) is 13.8. The largest absolute Gasteiger partial charge is 0.396 e. The number of aromatic amines is 1. The molecule has 1 fully saturated rings. The molecule has 19 heavy (non-hydrogen) atoms. The molecule has 2 rings (SSSR count). The Labute approximate surface area is 109 Å². The predicted molar refractivity (Wildman–Crippen MR) is 67.7 cm³/mol. The van der Waals surface area contributed by atoms with E-state index in [1.54, 1.807) is 4.90 Å². The van der Waals surface area contributed by atoms with E-state index in [-0.39, 0.29) is 25.0 Å². The number of hydrogen-bond acceptors (Lipinski definition) is 4. The topological polar surface area (TPSA) is 95.4 Å². The van der Waals surface area contributed by atoms with Crippen LogP contribution < -0.4 is 11.2 Å². The Morgan fingerprint density at radius 2 is 2.26 bits per heavy atom. The van der Waals surface area contributed by atoms with Gasteiger partial charge in [-0.2, -0.15) is 0 Å². The van der Waals surface area contributed by atoms with Crippen LogP contribution in [-0.2, 0) is 11.3 Å². The number of carbonyl (C=O) groups excluding carboxylic acids is 1. The first-order valence-electron chi connectivity index (χ1n) is 6.28. The first-order chi connectivity index (χ1) is 9.10. The van der Waals surface area contributed by atoms with Crippen LogP contribution in [0.1, 0.15) is 12.8 Å². The molecule has 0 bridgehead atoms. The molecule has 1 amide bonds. The zero-order valence-electron chi connectivity index (χ0n) is 10.5. The fourth-order valence-electron chi connectivity index (χ4n) is 2.26. The van der Waals surface area contributed by atoms with Crippen LogP contribution in [0.15, 0.2) is 21.9 Å². The van der Waals surface area contributed by atoms with Gasteiger partial charge < -0.3 is 10.0 Å². The van der Waals surface area contributed by atoms with Crippen molar-refractivity contribution in [2.24, 2.45) is 5.92 Å². The van der Waals surface area contributed by atoms with Gasteiger partial charge in [0.05, 0.1) is 0 Å². The molecule has 0 radical (unpaired) electrons. The van der Waals surface area contributed by atoms with E-state index in [0.29, 0.717) is 13.1 Å². The number of amides is 1. The van der Waals surface area contributed by atoms with Gasteiger partial charge in [-0.3, -0.25) is 19.1 Å². The summed E-state index contributed by atoms with van der Waals surface area (Å²) in [4.78, 5) is 38.2.